The van der Waals surface area contributed by atoms with Gasteiger partial charge < -0.3 is 20.3 Å². The maximum Gasteiger partial charge on any atom is 0.407 e. The number of hydrogen-bond donors (Lipinski definition) is 4. The predicted octanol–water partition coefficient (Wildman–Crippen LogP) is 0.877. The topological polar surface area (TPSA) is 120 Å². The van der Waals surface area contributed by atoms with Crippen LogP contribution < -0.4 is 5.32 Å². The Labute approximate surface area is 127 Å². The van der Waals surface area contributed by atoms with Crippen LogP contribution in [0, 0.1) is 0 Å². The van der Waals surface area contributed by atoms with Crippen molar-refractivity contribution in [2.75, 3.05) is 6.54 Å². The monoisotopic (exact) mass is 308 g/mol. The van der Waals surface area contributed by atoms with Crippen molar-refractivity contribution in [1.29, 1.82) is 0 Å². The summed E-state index contributed by atoms with van der Waals surface area (Å²) in [7, 11) is 0. The number of hydrogen-bond acceptors (Lipinski definition) is 6. The predicted molar refractivity (Wildman–Crippen MR) is 79.1 cm³/mol. The van der Waals surface area contributed by atoms with E-state index in [1.165, 1.54) is 6.20 Å². The number of aliphatic hydroxyl groups is 2. The van der Waals surface area contributed by atoms with E-state index in [0.29, 0.717) is 16.6 Å². The Morgan fingerprint density at radius 2 is 2.14 bits per heavy atom. The zero-order chi connectivity index (χ0) is 16.3. The molecule has 2 atom stereocenters. The fourth-order valence-electron chi connectivity index (χ4n) is 1.84. The van der Waals surface area contributed by atoms with Crippen LogP contribution in [0.3, 0.4) is 0 Å². The third-order valence-electron chi connectivity index (χ3n) is 2.87. The van der Waals surface area contributed by atoms with Crippen LogP contribution in [0.4, 0.5) is 4.79 Å². The Bertz CT molecular complexity index is 650. The fraction of sp³-hybridized carbons (Fsp3) is 0.500. The molecule has 1 amide bonds. The Kier molecular flexibility index (Phi) is 4.62. The molecule has 0 aromatic carbocycles. The third-order valence-corrected chi connectivity index (χ3v) is 2.87. The normalized spacial score (nSPS) is 14.6. The van der Waals surface area contributed by atoms with Crippen molar-refractivity contribution in [3.8, 4) is 0 Å². The number of aromatic nitrogens is 3. The molecule has 8 nitrogen and oxygen atoms in total. The number of H-pyrrole nitrogens is 1. The number of aromatic amines is 1. The Hall–Kier alpha value is -2.19. The van der Waals surface area contributed by atoms with Gasteiger partial charge in [0, 0.05) is 18.3 Å². The summed E-state index contributed by atoms with van der Waals surface area (Å²) in [6.45, 7) is 5.08. The van der Waals surface area contributed by atoms with Crippen molar-refractivity contribution in [1.82, 2.24) is 20.5 Å². The van der Waals surface area contributed by atoms with Gasteiger partial charge in [-0.25, -0.2) is 4.79 Å². The molecule has 0 bridgehead atoms. The average molecular weight is 308 g/mol. The lowest BCUT2D eigenvalue weighted by Crippen LogP contribution is -2.38. The number of nitrogens with zero attached hydrogens (tertiary/aromatic N) is 2. The van der Waals surface area contributed by atoms with Gasteiger partial charge in [0.1, 0.15) is 23.3 Å². The smallest absolute Gasteiger partial charge is 0.407 e. The first kappa shape index (κ1) is 16.2. The molecule has 0 saturated carbocycles. The summed E-state index contributed by atoms with van der Waals surface area (Å²) < 4.78 is 5.05. The number of rotatable bonds is 4. The highest BCUT2D eigenvalue weighted by molar-refractivity contribution is 5.73. The standard InChI is InChI=1S/C14H20N4O4/c1-14(2,3)22-13(21)16-7-11(19)12(20)8-4-9-10(15-5-8)6-17-18-9/h4-6,11-12,19-20H,7H2,1-3H3,(H,16,21)(H,17,18). The lowest BCUT2D eigenvalue weighted by Gasteiger charge is -2.22. The summed E-state index contributed by atoms with van der Waals surface area (Å²) in [6.07, 6.45) is -0.00343. The summed E-state index contributed by atoms with van der Waals surface area (Å²) in [5, 5.41) is 29.1. The van der Waals surface area contributed by atoms with Crippen LogP contribution >= 0.6 is 0 Å². The minimum atomic E-state index is -1.19. The molecule has 2 aromatic rings. The van der Waals surface area contributed by atoms with E-state index < -0.39 is 23.9 Å². The molecule has 0 spiro atoms. The van der Waals surface area contributed by atoms with Gasteiger partial charge in [0.15, 0.2) is 0 Å². The molecule has 2 unspecified atom stereocenters. The zero-order valence-electron chi connectivity index (χ0n) is 12.7. The van der Waals surface area contributed by atoms with Crippen molar-refractivity contribution < 1.29 is 19.7 Å². The minimum Gasteiger partial charge on any atom is -0.444 e. The Balaban J connectivity index is 1.94. The number of amides is 1. The van der Waals surface area contributed by atoms with Crippen LogP contribution in [-0.2, 0) is 4.74 Å². The second-order valence-electron chi connectivity index (χ2n) is 5.97. The number of nitrogens with one attached hydrogen (secondary N) is 2. The highest BCUT2D eigenvalue weighted by Gasteiger charge is 2.22. The van der Waals surface area contributed by atoms with Crippen LogP contribution in [-0.4, -0.2) is 49.7 Å². The molecule has 22 heavy (non-hydrogen) atoms. The highest BCUT2D eigenvalue weighted by Crippen LogP contribution is 2.19. The summed E-state index contributed by atoms with van der Waals surface area (Å²) >= 11 is 0. The largest absolute Gasteiger partial charge is 0.444 e. The number of ether oxygens (including phenoxy) is 1. The Morgan fingerprint density at radius 1 is 1.41 bits per heavy atom. The lowest BCUT2D eigenvalue weighted by molar-refractivity contribution is 0.0128. The highest BCUT2D eigenvalue weighted by atomic mass is 16.6. The maximum absolute atomic E-state index is 11.5. The molecule has 0 radical (unpaired) electrons. The van der Waals surface area contributed by atoms with Gasteiger partial charge in [-0.05, 0) is 26.8 Å². The van der Waals surface area contributed by atoms with E-state index in [9.17, 15) is 15.0 Å². The molecule has 0 aliphatic rings. The maximum atomic E-state index is 11.5. The van der Waals surface area contributed by atoms with E-state index in [2.05, 4.69) is 20.5 Å². The molecule has 0 fully saturated rings. The second-order valence-corrected chi connectivity index (χ2v) is 5.97. The molecule has 2 rings (SSSR count). The van der Waals surface area contributed by atoms with Gasteiger partial charge in [0.2, 0.25) is 0 Å². The lowest BCUT2D eigenvalue weighted by atomic mass is 10.1. The van der Waals surface area contributed by atoms with Gasteiger partial charge in [0.25, 0.3) is 0 Å². The van der Waals surface area contributed by atoms with Crippen molar-refractivity contribution in [2.45, 2.75) is 38.6 Å². The second kappa shape index (κ2) is 6.29. The number of carbonyl (C=O) groups is 1. The van der Waals surface area contributed by atoms with Gasteiger partial charge in [-0.1, -0.05) is 0 Å². The molecule has 8 heteroatoms. The summed E-state index contributed by atoms with van der Waals surface area (Å²) in [5.41, 5.74) is 1.12. The number of pyridine rings is 1. The molecular formula is C14H20N4O4. The first-order chi connectivity index (χ1) is 10.3. The van der Waals surface area contributed by atoms with Crippen molar-refractivity contribution in [3.05, 3.63) is 24.0 Å². The van der Waals surface area contributed by atoms with E-state index in [-0.39, 0.29) is 6.54 Å². The van der Waals surface area contributed by atoms with E-state index in [1.54, 1.807) is 33.0 Å². The van der Waals surface area contributed by atoms with Gasteiger partial charge in [-0.15, -0.1) is 0 Å². The first-order valence-electron chi connectivity index (χ1n) is 6.88. The number of aliphatic hydroxyl groups excluding tert-OH is 2. The van der Waals surface area contributed by atoms with Crippen LogP contribution in [0.1, 0.15) is 32.4 Å². The number of alkyl carbamates (subject to hydrolysis) is 1. The van der Waals surface area contributed by atoms with Gasteiger partial charge in [-0.3, -0.25) is 10.1 Å². The quantitative estimate of drug-likeness (QED) is 0.665. The van der Waals surface area contributed by atoms with Crippen molar-refractivity contribution in [3.63, 3.8) is 0 Å². The molecule has 120 valence electrons. The van der Waals surface area contributed by atoms with E-state index in [1.807, 2.05) is 0 Å². The van der Waals surface area contributed by atoms with Crippen LogP contribution in [0.25, 0.3) is 11.0 Å². The van der Waals surface area contributed by atoms with Crippen molar-refractivity contribution in [2.24, 2.45) is 0 Å². The van der Waals surface area contributed by atoms with Crippen LogP contribution in [0.2, 0.25) is 0 Å². The van der Waals surface area contributed by atoms with Gasteiger partial charge in [0.05, 0.1) is 11.7 Å². The van der Waals surface area contributed by atoms with Gasteiger partial charge >= 0.3 is 6.09 Å². The fourth-order valence-corrected chi connectivity index (χ4v) is 1.84. The Morgan fingerprint density at radius 3 is 2.82 bits per heavy atom. The minimum absolute atomic E-state index is 0.142. The summed E-state index contributed by atoms with van der Waals surface area (Å²) in [4.78, 5) is 15.6. The van der Waals surface area contributed by atoms with Crippen LogP contribution in [0.5, 0.6) is 0 Å². The molecule has 4 N–H and O–H groups in total. The van der Waals surface area contributed by atoms with E-state index >= 15 is 0 Å². The SMILES string of the molecule is CC(C)(C)OC(=O)NCC(O)C(O)c1cnc2cn[nH]c2c1. The summed E-state index contributed by atoms with van der Waals surface area (Å²) in [5.74, 6) is 0. The molecule has 0 aliphatic heterocycles. The molecule has 2 aromatic heterocycles. The van der Waals surface area contributed by atoms with E-state index in [0.717, 1.165) is 0 Å². The molecule has 0 saturated heterocycles. The van der Waals surface area contributed by atoms with E-state index in [4.69, 9.17) is 4.74 Å². The molecular weight excluding hydrogens is 288 g/mol. The first-order valence-corrected chi connectivity index (χ1v) is 6.88. The third kappa shape index (κ3) is 4.15. The zero-order valence-corrected chi connectivity index (χ0v) is 12.7. The number of fused-ring (bicyclic) bond motifs is 1. The number of carbonyl (C=O) groups excluding carboxylic acids is 1. The molecule has 0 aliphatic carbocycles. The van der Waals surface area contributed by atoms with Gasteiger partial charge in [-0.2, -0.15) is 5.10 Å². The average Bonchev–Trinajstić information content (AvgIpc) is 2.89. The van der Waals surface area contributed by atoms with Crippen LogP contribution in [0.15, 0.2) is 18.5 Å². The van der Waals surface area contributed by atoms with Crippen molar-refractivity contribution >= 4 is 17.1 Å². The summed E-state index contributed by atoms with van der Waals surface area (Å²) in [6, 6.07) is 1.65. The molecule has 2 heterocycles.